The van der Waals surface area contributed by atoms with E-state index in [4.69, 9.17) is 21.1 Å². The predicted molar refractivity (Wildman–Crippen MR) is 131 cm³/mol. The third-order valence-electron chi connectivity index (χ3n) is 4.81. The Labute approximate surface area is 206 Å². The van der Waals surface area contributed by atoms with Gasteiger partial charge in [-0.3, -0.25) is 19.3 Å². The van der Waals surface area contributed by atoms with Gasteiger partial charge in [0.25, 0.3) is 11.1 Å². The molecule has 34 heavy (non-hydrogen) atoms. The van der Waals surface area contributed by atoms with Crippen molar-refractivity contribution in [1.82, 2.24) is 4.90 Å². The van der Waals surface area contributed by atoms with Gasteiger partial charge in [-0.1, -0.05) is 24.6 Å². The fraction of sp³-hybridized carbons (Fsp3) is 0.292. The summed E-state index contributed by atoms with van der Waals surface area (Å²) in [5.41, 5.74) is 0.768. The highest BCUT2D eigenvalue weighted by atomic mass is 35.5. The molecule has 1 aliphatic heterocycles. The van der Waals surface area contributed by atoms with Gasteiger partial charge in [-0.15, -0.1) is 0 Å². The molecule has 7 nitrogen and oxygen atoms in total. The summed E-state index contributed by atoms with van der Waals surface area (Å²) in [6.07, 6.45) is 2.22. The zero-order chi connectivity index (χ0) is 24.8. The Bertz CT molecular complexity index is 1140. The van der Waals surface area contributed by atoms with Crippen LogP contribution >= 0.6 is 23.4 Å². The number of carbonyl (C=O) groups is 3. The molecule has 0 spiro atoms. The van der Waals surface area contributed by atoms with Gasteiger partial charge >= 0.3 is 0 Å². The second-order valence-electron chi connectivity index (χ2n) is 7.43. The number of hydrogen-bond acceptors (Lipinski definition) is 6. The smallest absolute Gasteiger partial charge is 0.294 e. The maximum atomic E-state index is 13.3. The van der Waals surface area contributed by atoms with E-state index in [0.717, 1.165) is 17.4 Å². The number of carbonyl (C=O) groups excluding carboxylic acids is 3. The average Bonchev–Trinajstić information content (AvgIpc) is 3.03. The van der Waals surface area contributed by atoms with Crippen molar-refractivity contribution in [3.05, 3.63) is 57.7 Å². The lowest BCUT2D eigenvalue weighted by molar-refractivity contribution is -0.127. The number of nitrogens with zero attached hydrogens (tertiary/aromatic N) is 1. The highest BCUT2D eigenvalue weighted by Gasteiger charge is 2.36. The van der Waals surface area contributed by atoms with Crippen LogP contribution in [0.2, 0.25) is 5.02 Å². The van der Waals surface area contributed by atoms with Gasteiger partial charge in [0.05, 0.1) is 22.6 Å². The number of anilines is 1. The van der Waals surface area contributed by atoms with Gasteiger partial charge in [-0.2, -0.15) is 0 Å². The summed E-state index contributed by atoms with van der Waals surface area (Å²) in [6.45, 7) is 5.62. The van der Waals surface area contributed by atoms with Crippen molar-refractivity contribution in [3.63, 3.8) is 0 Å². The van der Waals surface area contributed by atoms with Crippen LogP contribution in [-0.4, -0.2) is 41.2 Å². The third kappa shape index (κ3) is 6.30. The van der Waals surface area contributed by atoms with Crippen LogP contribution in [0.25, 0.3) is 6.08 Å². The molecular weight excluding hydrogens is 483 g/mol. The second-order valence-corrected chi connectivity index (χ2v) is 8.83. The molecule has 1 heterocycles. The van der Waals surface area contributed by atoms with E-state index in [9.17, 15) is 18.8 Å². The maximum absolute atomic E-state index is 13.3. The molecule has 2 aromatic rings. The number of rotatable bonds is 9. The standard InChI is InChI=1S/C24H24ClFN2O5S/c1-4-14(3)33-22-18(25)9-15(10-19(22)32-5-2)11-20-23(30)28(24(31)34-20)13-21(29)27-17-8-6-7-16(26)12-17/h6-12,14H,4-5,13H2,1-3H3,(H,27,29)/b20-11+/t14-/m0/s1. The maximum Gasteiger partial charge on any atom is 0.294 e. The number of thioether (sulfide) groups is 1. The molecule has 1 aliphatic rings. The van der Waals surface area contributed by atoms with Gasteiger partial charge in [-0.05, 0) is 74.0 Å². The van der Waals surface area contributed by atoms with Crippen molar-refractivity contribution in [2.24, 2.45) is 0 Å². The molecule has 1 N–H and O–H groups in total. The van der Waals surface area contributed by atoms with Crippen LogP contribution in [0.15, 0.2) is 41.3 Å². The Balaban J connectivity index is 1.78. The minimum absolute atomic E-state index is 0.0717. The van der Waals surface area contributed by atoms with Crippen molar-refractivity contribution < 1.29 is 28.2 Å². The molecule has 0 unspecified atom stereocenters. The van der Waals surface area contributed by atoms with Crippen LogP contribution in [0.3, 0.4) is 0 Å². The first-order valence-electron chi connectivity index (χ1n) is 10.7. The molecule has 0 aromatic heterocycles. The molecular formula is C24H24ClFN2O5S. The van der Waals surface area contributed by atoms with Crippen LogP contribution in [0.4, 0.5) is 14.9 Å². The number of imide groups is 1. The number of nitrogens with one attached hydrogen (secondary N) is 1. The largest absolute Gasteiger partial charge is 0.490 e. The first-order valence-corrected chi connectivity index (χ1v) is 11.8. The minimum Gasteiger partial charge on any atom is -0.490 e. The molecule has 0 radical (unpaired) electrons. The fourth-order valence-corrected chi connectivity index (χ4v) is 4.13. The van der Waals surface area contributed by atoms with Gasteiger partial charge in [-0.25, -0.2) is 4.39 Å². The van der Waals surface area contributed by atoms with Crippen LogP contribution in [-0.2, 0) is 9.59 Å². The van der Waals surface area contributed by atoms with Gasteiger partial charge in [0.15, 0.2) is 11.5 Å². The summed E-state index contributed by atoms with van der Waals surface area (Å²) in [5.74, 6) is -0.911. The molecule has 2 aromatic carbocycles. The summed E-state index contributed by atoms with van der Waals surface area (Å²) in [6, 6.07) is 8.62. The summed E-state index contributed by atoms with van der Waals surface area (Å²) in [5, 5.41) is 2.20. The zero-order valence-electron chi connectivity index (χ0n) is 18.9. The van der Waals surface area contributed by atoms with Crippen LogP contribution < -0.4 is 14.8 Å². The van der Waals surface area contributed by atoms with Crippen LogP contribution in [0.1, 0.15) is 32.8 Å². The SMILES string of the molecule is CCOc1cc(/C=C2/SC(=O)N(CC(=O)Nc3cccc(F)c3)C2=O)cc(Cl)c1O[C@@H](C)CC. The fourth-order valence-electron chi connectivity index (χ4n) is 3.03. The Morgan fingerprint density at radius 3 is 2.71 bits per heavy atom. The molecule has 180 valence electrons. The molecule has 0 aliphatic carbocycles. The Morgan fingerprint density at radius 2 is 2.03 bits per heavy atom. The van der Waals surface area contributed by atoms with Gasteiger partial charge in [0, 0.05) is 5.69 Å². The van der Waals surface area contributed by atoms with Gasteiger partial charge < -0.3 is 14.8 Å². The predicted octanol–water partition coefficient (Wildman–Crippen LogP) is 5.73. The van der Waals surface area contributed by atoms with Crippen molar-refractivity contribution in [3.8, 4) is 11.5 Å². The normalized spacial score (nSPS) is 15.6. The van der Waals surface area contributed by atoms with E-state index in [1.807, 2.05) is 20.8 Å². The highest BCUT2D eigenvalue weighted by molar-refractivity contribution is 8.18. The molecule has 1 fully saturated rings. The molecule has 0 saturated carbocycles. The van der Waals surface area contributed by atoms with Crippen molar-refractivity contribution in [2.75, 3.05) is 18.5 Å². The highest BCUT2D eigenvalue weighted by Crippen LogP contribution is 2.39. The average molecular weight is 507 g/mol. The molecule has 1 saturated heterocycles. The first-order chi connectivity index (χ1) is 16.2. The summed E-state index contributed by atoms with van der Waals surface area (Å²) < 4.78 is 24.9. The summed E-state index contributed by atoms with van der Waals surface area (Å²) in [7, 11) is 0. The van der Waals surface area contributed by atoms with E-state index in [1.165, 1.54) is 24.3 Å². The van der Waals surface area contributed by atoms with Crippen molar-refractivity contribution >= 4 is 52.2 Å². The van der Waals surface area contributed by atoms with Crippen LogP contribution in [0.5, 0.6) is 11.5 Å². The molecule has 1 atom stereocenters. The van der Waals surface area contributed by atoms with Gasteiger partial charge in [0.2, 0.25) is 5.91 Å². The van der Waals surface area contributed by atoms with E-state index in [-0.39, 0.29) is 16.7 Å². The molecule has 0 bridgehead atoms. The summed E-state index contributed by atoms with van der Waals surface area (Å²) >= 11 is 7.14. The molecule has 3 amide bonds. The zero-order valence-corrected chi connectivity index (χ0v) is 20.5. The second kappa shape index (κ2) is 11.4. The number of halogens is 2. The monoisotopic (exact) mass is 506 g/mol. The van der Waals surface area contributed by atoms with Crippen molar-refractivity contribution in [2.45, 2.75) is 33.3 Å². The summed E-state index contributed by atoms with van der Waals surface area (Å²) in [4.78, 5) is 38.4. The van der Waals surface area contributed by atoms with E-state index >= 15 is 0 Å². The topological polar surface area (TPSA) is 84.9 Å². The number of hydrogen-bond donors (Lipinski definition) is 1. The van der Waals surface area contributed by atoms with Crippen molar-refractivity contribution in [1.29, 1.82) is 0 Å². The molecule has 10 heteroatoms. The van der Waals surface area contributed by atoms with E-state index in [0.29, 0.717) is 40.5 Å². The van der Waals surface area contributed by atoms with E-state index in [2.05, 4.69) is 5.32 Å². The lowest BCUT2D eigenvalue weighted by Gasteiger charge is -2.18. The minimum atomic E-state index is -0.623. The Morgan fingerprint density at radius 1 is 1.26 bits per heavy atom. The van der Waals surface area contributed by atoms with E-state index < -0.39 is 29.4 Å². The molecule has 3 rings (SSSR count). The number of ether oxygens (including phenoxy) is 2. The third-order valence-corrected chi connectivity index (χ3v) is 6.00. The lowest BCUT2D eigenvalue weighted by atomic mass is 10.1. The Hall–Kier alpha value is -3.04. The number of benzene rings is 2. The van der Waals surface area contributed by atoms with Gasteiger partial charge in [0.1, 0.15) is 12.4 Å². The quantitative estimate of drug-likeness (QED) is 0.437. The van der Waals surface area contributed by atoms with E-state index in [1.54, 1.807) is 12.1 Å². The lowest BCUT2D eigenvalue weighted by Crippen LogP contribution is -2.36. The first kappa shape index (κ1) is 25.6. The number of amides is 3. The Kier molecular flexibility index (Phi) is 8.57. The van der Waals surface area contributed by atoms with Crippen LogP contribution in [0, 0.1) is 5.82 Å².